The van der Waals surface area contributed by atoms with Crippen LogP contribution in [0.3, 0.4) is 0 Å². The van der Waals surface area contributed by atoms with Gasteiger partial charge in [0, 0.05) is 0 Å². The smallest absolute Gasteiger partial charge is 0.345 e. The molecule has 108 valence electrons. The first kappa shape index (κ1) is 13.4. The second-order valence-corrected chi connectivity index (χ2v) is 4.89. The molecule has 0 unspecified atom stereocenters. The van der Waals surface area contributed by atoms with Crippen molar-refractivity contribution < 1.29 is 13.9 Å². The molecule has 0 aliphatic heterocycles. The highest BCUT2D eigenvalue weighted by atomic mass is 32.2. The number of nitrogens with zero attached hydrogens (tertiary/aromatic N) is 4. The predicted octanol–water partition coefficient (Wildman–Crippen LogP) is 1.46. The van der Waals surface area contributed by atoms with Crippen LogP contribution >= 0.6 is 11.8 Å². The van der Waals surface area contributed by atoms with Gasteiger partial charge in [-0.05, 0) is 12.1 Å². The summed E-state index contributed by atoms with van der Waals surface area (Å²) in [5.74, 6) is 0.882. The van der Waals surface area contributed by atoms with Gasteiger partial charge in [-0.3, -0.25) is 4.79 Å². The minimum absolute atomic E-state index is 0.162. The highest BCUT2D eigenvalue weighted by molar-refractivity contribution is 7.99. The number of para-hydroxylation sites is 2. The minimum Gasteiger partial charge on any atom is -0.495 e. The van der Waals surface area contributed by atoms with E-state index in [9.17, 15) is 4.79 Å². The second-order valence-electron chi connectivity index (χ2n) is 3.96. The summed E-state index contributed by atoms with van der Waals surface area (Å²) < 4.78 is 11.9. The van der Waals surface area contributed by atoms with E-state index in [1.807, 2.05) is 12.1 Å². The molecule has 1 amide bonds. The van der Waals surface area contributed by atoms with Crippen LogP contribution in [0, 0.1) is 0 Å². The third-order valence-electron chi connectivity index (χ3n) is 2.58. The van der Waals surface area contributed by atoms with Crippen LogP contribution in [0.25, 0.3) is 5.84 Å². The van der Waals surface area contributed by atoms with Crippen molar-refractivity contribution in [2.24, 2.45) is 0 Å². The summed E-state index contributed by atoms with van der Waals surface area (Å²) in [4.78, 5) is 11.9. The molecule has 1 aromatic carbocycles. The van der Waals surface area contributed by atoms with E-state index < -0.39 is 0 Å². The van der Waals surface area contributed by atoms with Gasteiger partial charge in [0.05, 0.1) is 18.6 Å². The molecule has 1 N–H and O–H groups in total. The Bertz CT molecular complexity index is 740. The maximum atomic E-state index is 11.9. The molecule has 0 spiro atoms. The SMILES string of the molecule is COc1ccccc1NC(=O)CSc1nn2cnnc2o1. The monoisotopic (exact) mass is 305 g/mol. The lowest BCUT2D eigenvalue weighted by Gasteiger charge is -2.08. The van der Waals surface area contributed by atoms with Gasteiger partial charge in [-0.2, -0.15) is 4.52 Å². The molecule has 0 atom stereocenters. The number of anilines is 1. The molecule has 0 aliphatic carbocycles. The molecule has 3 aromatic rings. The third-order valence-corrected chi connectivity index (χ3v) is 3.39. The highest BCUT2D eigenvalue weighted by Gasteiger charge is 2.11. The average Bonchev–Trinajstić information content (AvgIpc) is 3.07. The fourth-order valence-electron chi connectivity index (χ4n) is 1.66. The summed E-state index contributed by atoms with van der Waals surface area (Å²) in [6.07, 6.45) is 1.43. The number of carbonyl (C=O) groups excluding carboxylic acids is 1. The quantitative estimate of drug-likeness (QED) is 0.713. The normalized spacial score (nSPS) is 10.7. The number of fused-ring (bicyclic) bond motifs is 1. The lowest BCUT2D eigenvalue weighted by Crippen LogP contribution is -2.14. The van der Waals surface area contributed by atoms with Crippen LogP contribution in [-0.4, -0.2) is 38.6 Å². The molecule has 8 nitrogen and oxygen atoms in total. The Morgan fingerprint density at radius 3 is 3.14 bits per heavy atom. The number of benzene rings is 1. The van der Waals surface area contributed by atoms with Gasteiger partial charge < -0.3 is 14.5 Å². The molecule has 0 fully saturated rings. The van der Waals surface area contributed by atoms with E-state index in [4.69, 9.17) is 9.15 Å². The van der Waals surface area contributed by atoms with Gasteiger partial charge >= 0.3 is 5.84 Å². The summed E-state index contributed by atoms with van der Waals surface area (Å²) in [6.45, 7) is 0. The van der Waals surface area contributed by atoms with Gasteiger partial charge in [0.2, 0.25) is 5.91 Å². The number of thioether (sulfide) groups is 1. The fourth-order valence-corrected chi connectivity index (χ4v) is 2.27. The zero-order valence-corrected chi connectivity index (χ0v) is 11.8. The van der Waals surface area contributed by atoms with Crippen molar-refractivity contribution in [1.82, 2.24) is 19.8 Å². The maximum Gasteiger partial charge on any atom is 0.345 e. The minimum atomic E-state index is -0.182. The number of hydrogen-bond acceptors (Lipinski definition) is 7. The number of aromatic nitrogens is 4. The fraction of sp³-hybridized carbons (Fsp3) is 0.167. The first-order chi connectivity index (χ1) is 10.3. The number of hydrogen-bond donors (Lipinski definition) is 1. The van der Waals surface area contributed by atoms with Crippen molar-refractivity contribution in [3.05, 3.63) is 30.6 Å². The molecular weight excluding hydrogens is 294 g/mol. The van der Waals surface area contributed by atoms with E-state index in [-0.39, 0.29) is 11.7 Å². The Kier molecular flexibility index (Phi) is 3.73. The van der Waals surface area contributed by atoms with Crippen LogP contribution < -0.4 is 10.1 Å². The van der Waals surface area contributed by atoms with Crippen molar-refractivity contribution >= 4 is 29.2 Å². The molecule has 0 aliphatic rings. The lowest BCUT2D eigenvalue weighted by atomic mass is 10.3. The van der Waals surface area contributed by atoms with Crippen LogP contribution in [-0.2, 0) is 4.79 Å². The molecule has 0 bridgehead atoms. The molecule has 0 saturated carbocycles. The van der Waals surface area contributed by atoms with Crippen molar-refractivity contribution in [3.63, 3.8) is 0 Å². The van der Waals surface area contributed by atoms with Crippen molar-refractivity contribution in [2.75, 3.05) is 18.2 Å². The Balaban J connectivity index is 1.60. The number of nitrogens with one attached hydrogen (secondary N) is 1. The van der Waals surface area contributed by atoms with E-state index in [0.29, 0.717) is 22.5 Å². The van der Waals surface area contributed by atoms with E-state index in [1.165, 1.54) is 22.6 Å². The van der Waals surface area contributed by atoms with Gasteiger partial charge in [-0.1, -0.05) is 29.0 Å². The number of ether oxygens (including phenoxy) is 1. The summed E-state index contributed by atoms with van der Waals surface area (Å²) in [7, 11) is 1.55. The molecule has 3 rings (SSSR count). The number of amides is 1. The Labute approximate surface area is 123 Å². The summed E-state index contributed by atoms with van der Waals surface area (Å²) in [5, 5.41) is 14.5. The molecule has 2 aromatic heterocycles. The summed E-state index contributed by atoms with van der Waals surface area (Å²) in [5.41, 5.74) is 0.622. The third kappa shape index (κ3) is 2.97. The second kappa shape index (κ2) is 5.83. The van der Waals surface area contributed by atoms with Crippen molar-refractivity contribution in [1.29, 1.82) is 0 Å². The predicted molar refractivity (Wildman–Crippen MR) is 75.4 cm³/mol. The van der Waals surface area contributed by atoms with Crippen LogP contribution in [0.2, 0.25) is 0 Å². The lowest BCUT2D eigenvalue weighted by molar-refractivity contribution is -0.113. The molecule has 21 heavy (non-hydrogen) atoms. The van der Waals surface area contributed by atoms with Crippen molar-refractivity contribution in [3.8, 4) is 5.75 Å². The molecule has 9 heteroatoms. The van der Waals surface area contributed by atoms with Crippen LogP contribution in [0.1, 0.15) is 0 Å². The van der Waals surface area contributed by atoms with E-state index in [1.54, 1.807) is 19.2 Å². The topological polar surface area (TPSA) is 94.5 Å². The molecular formula is C12H11N5O3S. The number of carbonyl (C=O) groups is 1. The average molecular weight is 305 g/mol. The van der Waals surface area contributed by atoms with Gasteiger partial charge in [0.15, 0.2) is 0 Å². The first-order valence-corrected chi connectivity index (χ1v) is 6.97. The van der Waals surface area contributed by atoms with Gasteiger partial charge in [-0.25, -0.2) is 0 Å². The van der Waals surface area contributed by atoms with Crippen molar-refractivity contribution in [2.45, 2.75) is 5.22 Å². The van der Waals surface area contributed by atoms with E-state index >= 15 is 0 Å². The summed E-state index contributed by atoms with van der Waals surface area (Å²) >= 11 is 1.17. The van der Waals surface area contributed by atoms with E-state index in [2.05, 4.69) is 20.6 Å². The van der Waals surface area contributed by atoms with Crippen LogP contribution in [0.5, 0.6) is 5.75 Å². The Hall–Kier alpha value is -2.55. The van der Waals surface area contributed by atoms with Gasteiger partial charge in [0.1, 0.15) is 12.1 Å². The number of rotatable bonds is 5. The largest absolute Gasteiger partial charge is 0.495 e. The zero-order chi connectivity index (χ0) is 14.7. The molecule has 0 radical (unpaired) electrons. The first-order valence-electron chi connectivity index (χ1n) is 5.99. The Morgan fingerprint density at radius 2 is 2.33 bits per heavy atom. The summed E-state index contributed by atoms with van der Waals surface area (Å²) in [6, 6.07) is 7.20. The van der Waals surface area contributed by atoms with Crippen LogP contribution in [0.15, 0.2) is 40.2 Å². The van der Waals surface area contributed by atoms with Gasteiger partial charge in [-0.15, -0.1) is 10.2 Å². The van der Waals surface area contributed by atoms with Gasteiger partial charge in [0.25, 0.3) is 5.22 Å². The van der Waals surface area contributed by atoms with E-state index in [0.717, 1.165) is 0 Å². The van der Waals surface area contributed by atoms with Crippen LogP contribution in [0.4, 0.5) is 5.69 Å². The maximum absolute atomic E-state index is 11.9. The zero-order valence-electron chi connectivity index (χ0n) is 11.0. The highest BCUT2D eigenvalue weighted by Crippen LogP contribution is 2.24. The molecule has 0 saturated heterocycles. The standard InChI is InChI=1S/C12H11N5O3S/c1-19-9-5-3-2-4-8(9)14-10(18)6-21-12-16-17-7-13-15-11(17)20-12/h2-5,7H,6H2,1H3,(H,14,18). The number of methoxy groups -OCH3 is 1. The Morgan fingerprint density at radius 1 is 1.48 bits per heavy atom. The molecule has 2 heterocycles.